The molecule has 0 saturated carbocycles. The molecule has 0 bridgehead atoms. The fraction of sp³-hybridized carbons (Fsp3) is 0.333. The molecule has 1 rings (SSSR count). The highest BCUT2D eigenvalue weighted by molar-refractivity contribution is 7.92. The van der Waals surface area contributed by atoms with Crippen molar-refractivity contribution in [1.29, 1.82) is 5.26 Å². The molecule has 0 fully saturated rings. The van der Waals surface area contributed by atoms with E-state index in [0.717, 1.165) is 13.8 Å². The predicted octanol–water partition coefficient (Wildman–Crippen LogP) is 1.34. The molecule has 0 amide bonds. The third-order valence-corrected chi connectivity index (χ3v) is 5.20. The minimum absolute atomic E-state index is 0.238. The van der Waals surface area contributed by atoms with Crippen LogP contribution in [0.1, 0.15) is 25.0 Å². The molecule has 0 aromatic heterocycles. The Balaban J connectivity index is 3.20. The predicted molar refractivity (Wildman–Crippen MR) is 65.5 cm³/mol. The quantitative estimate of drug-likeness (QED) is 0.888. The van der Waals surface area contributed by atoms with Gasteiger partial charge in [-0.15, -0.1) is 0 Å². The summed E-state index contributed by atoms with van der Waals surface area (Å²) in [5.74, 6) is -1.87. The Morgan fingerprint density at radius 2 is 1.94 bits per heavy atom. The largest absolute Gasteiger partial charge is 0.480 e. The van der Waals surface area contributed by atoms with Crippen molar-refractivity contribution in [2.24, 2.45) is 0 Å². The average molecular weight is 267 g/mol. The number of carbonyl (C=O) groups is 1. The average Bonchev–Trinajstić information content (AvgIpc) is 2.28. The monoisotopic (exact) mass is 267 g/mol. The zero-order valence-corrected chi connectivity index (χ0v) is 10.9. The van der Waals surface area contributed by atoms with E-state index in [9.17, 15) is 13.2 Å². The van der Waals surface area contributed by atoms with Gasteiger partial charge in [-0.2, -0.15) is 5.26 Å². The summed E-state index contributed by atoms with van der Waals surface area (Å²) in [7, 11) is -3.90. The van der Waals surface area contributed by atoms with Crippen LogP contribution < -0.4 is 0 Å². The van der Waals surface area contributed by atoms with Crippen LogP contribution in [0.25, 0.3) is 0 Å². The normalized spacial score (nSPS) is 11.8. The summed E-state index contributed by atoms with van der Waals surface area (Å²) in [6.07, 6.45) is 0. The second kappa shape index (κ2) is 4.78. The van der Waals surface area contributed by atoms with Crippen molar-refractivity contribution in [3.63, 3.8) is 0 Å². The molecule has 1 aromatic carbocycles. The summed E-state index contributed by atoms with van der Waals surface area (Å²) in [6, 6.07) is 8.13. The van der Waals surface area contributed by atoms with Gasteiger partial charge >= 0.3 is 5.97 Å². The van der Waals surface area contributed by atoms with Gasteiger partial charge < -0.3 is 5.11 Å². The lowest BCUT2D eigenvalue weighted by Crippen LogP contribution is -2.41. The van der Waals surface area contributed by atoms with E-state index < -0.39 is 26.3 Å². The summed E-state index contributed by atoms with van der Waals surface area (Å²) < 4.78 is 22.2. The third-order valence-electron chi connectivity index (χ3n) is 2.78. The van der Waals surface area contributed by atoms with Gasteiger partial charge in [0.25, 0.3) is 0 Å². The second-order valence-electron chi connectivity index (χ2n) is 4.34. The van der Waals surface area contributed by atoms with Crippen LogP contribution in [0.5, 0.6) is 0 Å². The van der Waals surface area contributed by atoms with Crippen molar-refractivity contribution in [3.05, 3.63) is 35.4 Å². The van der Waals surface area contributed by atoms with Crippen molar-refractivity contribution >= 4 is 15.8 Å². The first-order valence-corrected chi connectivity index (χ1v) is 6.81. The van der Waals surface area contributed by atoms with E-state index in [4.69, 9.17) is 10.4 Å². The Hall–Kier alpha value is -1.87. The molecule has 0 spiro atoms. The first-order valence-electron chi connectivity index (χ1n) is 5.16. The molecule has 0 aliphatic rings. The highest BCUT2D eigenvalue weighted by Crippen LogP contribution is 2.23. The van der Waals surface area contributed by atoms with Crippen LogP contribution in [-0.4, -0.2) is 24.2 Å². The maximum absolute atomic E-state index is 12.0. The second-order valence-corrected chi connectivity index (χ2v) is 6.88. The molecule has 0 saturated heterocycles. The third kappa shape index (κ3) is 2.51. The van der Waals surface area contributed by atoms with Gasteiger partial charge in [0, 0.05) is 0 Å². The van der Waals surface area contributed by atoms with E-state index in [-0.39, 0.29) is 5.56 Å². The summed E-state index contributed by atoms with van der Waals surface area (Å²) >= 11 is 0. The summed E-state index contributed by atoms with van der Waals surface area (Å²) in [6.45, 7) is 2.28. The molecule has 0 atom stereocenters. The molecule has 0 radical (unpaired) electrons. The highest BCUT2D eigenvalue weighted by Gasteiger charge is 2.41. The molecular formula is C12H13NO4S. The molecule has 0 heterocycles. The number of rotatable bonds is 4. The van der Waals surface area contributed by atoms with Crippen LogP contribution in [0.4, 0.5) is 0 Å². The summed E-state index contributed by atoms with van der Waals surface area (Å²) in [5.41, 5.74) is 0.552. The number of nitrogens with zero attached hydrogens (tertiary/aromatic N) is 1. The molecule has 1 N–H and O–H groups in total. The lowest BCUT2D eigenvalue weighted by Gasteiger charge is -2.19. The van der Waals surface area contributed by atoms with Crippen molar-refractivity contribution in [1.82, 2.24) is 0 Å². The van der Waals surface area contributed by atoms with Gasteiger partial charge in [-0.3, -0.25) is 4.79 Å². The highest BCUT2D eigenvalue weighted by atomic mass is 32.2. The van der Waals surface area contributed by atoms with Crippen molar-refractivity contribution in [3.8, 4) is 6.07 Å². The molecule has 96 valence electrons. The van der Waals surface area contributed by atoms with Crippen molar-refractivity contribution < 1.29 is 18.3 Å². The van der Waals surface area contributed by atoms with Crippen LogP contribution in [-0.2, 0) is 20.4 Å². The molecular weight excluding hydrogens is 254 g/mol. The van der Waals surface area contributed by atoms with E-state index in [0.29, 0.717) is 5.56 Å². The van der Waals surface area contributed by atoms with Crippen LogP contribution in [0.2, 0.25) is 0 Å². The number of carboxylic acid groups (broad SMARTS) is 1. The maximum atomic E-state index is 12.0. The lowest BCUT2D eigenvalue weighted by atomic mass is 10.1. The Morgan fingerprint density at radius 3 is 2.44 bits per heavy atom. The fourth-order valence-corrected chi connectivity index (χ4v) is 2.56. The van der Waals surface area contributed by atoms with Crippen molar-refractivity contribution in [2.45, 2.75) is 24.3 Å². The van der Waals surface area contributed by atoms with E-state index in [2.05, 4.69) is 0 Å². The van der Waals surface area contributed by atoms with E-state index in [1.165, 1.54) is 12.1 Å². The van der Waals surface area contributed by atoms with Gasteiger partial charge in [0.15, 0.2) is 14.6 Å². The number of hydrogen-bond acceptors (Lipinski definition) is 4. The smallest absolute Gasteiger partial charge is 0.324 e. The van der Waals surface area contributed by atoms with Crippen LogP contribution >= 0.6 is 0 Å². The Kier molecular flexibility index (Phi) is 3.77. The maximum Gasteiger partial charge on any atom is 0.324 e. The van der Waals surface area contributed by atoms with Gasteiger partial charge in [-0.05, 0) is 25.5 Å². The van der Waals surface area contributed by atoms with Gasteiger partial charge in [-0.25, -0.2) is 8.42 Å². The van der Waals surface area contributed by atoms with Gasteiger partial charge in [0.2, 0.25) is 0 Å². The number of benzene rings is 1. The first kappa shape index (κ1) is 14.2. The van der Waals surface area contributed by atoms with Gasteiger partial charge in [0.1, 0.15) is 0 Å². The molecule has 18 heavy (non-hydrogen) atoms. The summed E-state index contributed by atoms with van der Waals surface area (Å²) in [4.78, 5) is 11.0. The molecule has 0 unspecified atom stereocenters. The Labute approximate surface area is 106 Å². The SMILES string of the molecule is CC(C)(C(=O)O)S(=O)(=O)Cc1ccccc1C#N. The van der Waals surface area contributed by atoms with Crippen LogP contribution in [0, 0.1) is 11.3 Å². The van der Waals surface area contributed by atoms with Gasteiger partial charge in [0.05, 0.1) is 17.4 Å². The topological polar surface area (TPSA) is 95.2 Å². The van der Waals surface area contributed by atoms with E-state index in [1.54, 1.807) is 12.1 Å². The first-order chi connectivity index (χ1) is 8.22. The standard InChI is InChI=1S/C12H13NO4S/c1-12(2,11(14)15)18(16,17)8-10-6-4-3-5-9(10)7-13/h3-6H,8H2,1-2H3,(H,14,15). The molecule has 1 aromatic rings. The van der Waals surface area contributed by atoms with Crippen LogP contribution in [0.3, 0.4) is 0 Å². The number of sulfone groups is 1. The Morgan fingerprint density at radius 1 is 1.39 bits per heavy atom. The number of nitriles is 1. The minimum atomic E-state index is -3.90. The molecule has 0 aliphatic heterocycles. The zero-order chi connectivity index (χ0) is 14.0. The number of aliphatic carboxylic acids is 1. The number of carboxylic acids is 1. The lowest BCUT2D eigenvalue weighted by molar-refractivity contribution is -0.139. The molecule has 6 heteroatoms. The zero-order valence-electron chi connectivity index (χ0n) is 10.0. The van der Waals surface area contributed by atoms with Gasteiger partial charge in [-0.1, -0.05) is 18.2 Å². The minimum Gasteiger partial charge on any atom is -0.480 e. The molecule has 0 aliphatic carbocycles. The molecule has 5 nitrogen and oxygen atoms in total. The van der Waals surface area contributed by atoms with Crippen molar-refractivity contribution in [2.75, 3.05) is 0 Å². The van der Waals surface area contributed by atoms with Crippen LogP contribution in [0.15, 0.2) is 24.3 Å². The Bertz CT molecular complexity index is 611. The van der Waals surface area contributed by atoms with E-state index >= 15 is 0 Å². The van der Waals surface area contributed by atoms with E-state index in [1.807, 2.05) is 6.07 Å². The fourth-order valence-electron chi connectivity index (χ4n) is 1.27. The summed E-state index contributed by atoms with van der Waals surface area (Å²) in [5, 5.41) is 17.8. The number of hydrogen-bond donors (Lipinski definition) is 1.